The maximum atomic E-state index is 10.3. The average molecular weight is 336 g/mol. The molecule has 0 unspecified atom stereocenters. The first kappa shape index (κ1) is 18.1. The largest absolute Gasteiger partial charge is 0.397 e. The van der Waals surface area contributed by atoms with Crippen molar-refractivity contribution in [2.75, 3.05) is 17.2 Å². The van der Waals surface area contributed by atoms with Crippen LogP contribution in [0, 0.1) is 30.3 Å². The fourth-order valence-corrected chi connectivity index (χ4v) is 1.59. The fourth-order valence-electron chi connectivity index (χ4n) is 1.59. The number of hydrogen-bond donors (Lipinski definition) is 3. The van der Waals surface area contributed by atoms with Crippen LogP contribution in [0.4, 0.5) is 34.1 Å². The number of benzene rings is 2. The van der Waals surface area contributed by atoms with Crippen molar-refractivity contribution >= 4 is 34.1 Å². The topological polar surface area (TPSA) is 207 Å². The lowest BCUT2D eigenvalue weighted by molar-refractivity contribution is -0.392. The van der Waals surface area contributed by atoms with Crippen LogP contribution < -0.4 is 17.2 Å². The van der Waals surface area contributed by atoms with E-state index in [0.29, 0.717) is 0 Å². The van der Waals surface area contributed by atoms with Crippen molar-refractivity contribution in [3.63, 3.8) is 0 Å². The maximum Gasteiger partial charge on any atom is 0.299 e. The second-order valence-corrected chi connectivity index (χ2v) is 4.26. The van der Waals surface area contributed by atoms with E-state index in [4.69, 9.17) is 17.2 Å². The van der Waals surface area contributed by atoms with Gasteiger partial charge < -0.3 is 17.2 Å². The van der Waals surface area contributed by atoms with E-state index in [-0.39, 0.29) is 17.1 Å². The molecule has 0 aromatic heterocycles. The third-order valence-electron chi connectivity index (χ3n) is 2.77. The zero-order valence-corrected chi connectivity index (χ0v) is 12.0. The number of nitrogens with two attached hydrogens (primary N) is 3. The number of para-hydroxylation sites is 2. The summed E-state index contributed by atoms with van der Waals surface area (Å²) in [6, 6.07) is 7.76. The van der Waals surface area contributed by atoms with Crippen LogP contribution in [0.5, 0.6) is 0 Å². The lowest BCUT2D eigenvalue weighted by Gasteiger charge is -1.98. The van der Waals surface area contributed by atoms with Gasteiger partial charge in [-0.25, -0.2) is 0 Å². The first-order chi connectivity index (χ1) is 11.2. The number of nitrogens with zero attached hydrogens (tertiary/aromatic N) is 3. The van der Waals surface area contributed by atoms with Crippen LogP contribution >= 0.6 is 0 Å². The molecule has 0 bridgehead atoms. The molecule has 0 atom stereocenters. The summed E-state index contributed by atoms with van der Waals surface area (Å²) in [7, 11) is 0. The number of rotatable bonds is 3. The summed E-state index contributed by atoms with van der Waals surface area (Å²) in [5, 5.41) is 30.8. The maximum absolute atomic E-state index is 10.3. The van der Waals surface area contributed by atoms with Gasteiger partial charge in [-0.05, 0) is 12.1 Å². The molecule has 0 aliphatic carbocycles. The molecule has 0 aliphatic rings. The Morgan fingerprint density at radius 1 is 0.625 bits per heavy atom. The minimum Gasteiger partial charge on any atom is -0.397 e. The van der Waals surface area contributed by atoms with Crippen molar-refractivity contribution < 1.29 is 14.8 Å². The third kappa shape index (κ3) is 4.03. The van der Waals surface area contributed by atoms with E-state index in [2.05, 4.69) is 0 Å². The van der Waals surface area contributed by atoms with Gasteiger partial charge in [0.2, 0.25) is 0 Å². The lowest BCUT2D eigenvalue weighted by Crippen LogP contribution is -2.00. The Labute approximate surface area is 133 Å². The molecule has 126 valence electrons. The number of hydrogen-bond acceptors (Lipinski definition) is 9. The van der Waals surface area contributed by atoms with Crippen molar-refractivity contribution in [1.82, 2.24) is 0 Å². The van der Waals surface area contributed by atoms with Gasteiger partial charge in [0.25, 0.3) is 17.1 Å². The fraction of sp³-hybridized carbons (Fsp3) is 0. The highest BCUT2D eigenvalue weighted by Crippen LogP contribution is 2.30. The molecule has 12 heteroatoms. The normalized spacial score (nSPS) is 9.50. The first-order valence-corrected chi connectivity index (χ1v) is 6.12. The van der Waals surface area contributed by atoms with Gasteiger partial charge in [-0.2, -0.15) is 0 Å². The number of nitro benzene ring substituents is 3. The van der Waals surface area contributed by atoms with Crippen molar-refractivity contribution in [3.8, 4) is 0 Å². The van der Waals surface area contributed by atoms with E-state index in [9.17, 15) is 30.3 Å². The average Bonchev–Trinajstić information content (AvgIpc) is 2.50. The van der Waals surface area contributed by atoms with Gasteiger partial charge >= 0.3 is 0 Å². The molecule has 0 heterocycles. The Balaban J connectivity index is 0.000000243. The van der Waals surface area contributed by atoms with Gasteiger partial charge in [-0.1, -0.05) is 6.07 Å². The van der Waals surface area contributed by atoms with Crippen molar-refractivity contribution in [2.24, 2.45) is 0 Å². The lowest BCUT2D eigenvalue weighted by atomic mass is 10.2. The van der Waals surface area contributed by atoms with Gasteiger partial charge in [0.05, 0.1) is 20.5 Å². The molecule has 24 heavy (non-hydrogen) atoms. The Morgan fingerprint density at radius 3 is 1.29 bits per heavy atom. The standard InChI is InChI=1S/C6H5N3O4.C6H7N3O2/c7-6-4(8(10)11)2-1-3-5(6)9(12)13;7-4-2-1-3-5(6(4)8)9(10)11/h1-3H,7H2;1-3H,7-8H2. The third-order valence-corrected chi connectivity index (χ3v) is 2.77. The smallest absolute Gasteiger partial charge is 0.299 e. The molecule has 2 rings (SSSR count). The molecular weight excluding hydrogens is 324 g/mol. The Hall–Kier alpha value is -3.96. The summed E-state index contributed by atoms with van der Waals surface area (Å²) >= 11 is 0. The van der Waals surface area contributed by atoms with Crippen molar-refractivity contribution in [2.45, 2.75) is 0 Å². The second-order valence-electron chi connectivity index (χ2n) is 4.26. The van der Waals surface area contributed by atoms with Crippen molar-refractivity contribution in [1.29, 1.82) is 0 Å². The zero-order chi connectivity index (χ0) is 18.4. The molecule has 0 fully saturated rings. The number of nitro groups is 3. The van der Waals surface area contributed by atoms with E-state index >= 15 is 0 Å². The molecule has 0 aliphatic heterocycles. The molecule has 0 spiro atoms. The number of nitrogen functional groups attached to an aromatic ring is 3. The predicted octanol–water partition coefficient (Wildman–Crippen LogP) is 1.84. The van der Waals surface area contributed by atoms with Crippen LogP contribution in [0.2, 0.25) is 0 Å². The van der Waals surface area contributed by atoms with Crippen LogP contribution in [-0.4, -0.2) is 14.8 Å². The molecule has 0 radical (unpaired) electrons. The molecule has 0 saturated heterocycles. The van der Waals surface area contributed by atoms with Gasteiger partial charge in [0.15, 0.2) is 5.69 Å². The van der Waals surface area contributed by atoms with Crippen LogP contribution in [0.15, 0.2) is 36.4 Å². The zero-order valence-electron chi connectivity index (χ0n) is 12.0. The van der Waals surface area contributed by atoms with E-state index in [1.807, 2.05) is 0 Å². The summed E-state index contributed by atoms with van der Waals surface area (Å²) < 4.78 is 0. The summed E-state index contributed by atoms with van der Waals surface area (Å²) in [5.41, 5.74) is 14.6. The summed E-state index contributed by atoms with van der Waals surface area (Å²) in [5.74, 6) is 0. The van der Waals surface area contributed by atoms with Gasteiger partial charge in [-0.3, -0.25) is 30.3 Å². The SMILES string of the molecule is Nc1c([N+](=O)[O-])cccc1[N+](=O)[O-].Nc1cccc([N+](=O)[O-])c1N. The Morgan fingerprint density at radius 2 is 0.958 bits per heavy atom. The highest BCUT2D eigenvalue weighted by molar-refractivity contribution is 5.73. The Bertz CT molecular complexity index is 776. The molecular formula is C12H12N6O6. The molecule has 0 saturated carbocycles. The minimum atomic E-state index is -0.762. The van der Waals surface area contributed by atoms with E-state index in [0.717, 1.165) is 12.1 Å². The van der Waals surface area contributed by atoms with Crippen LogP contribution in [0.25, 0.3) is 0 Å². The molecule has 6 N–H and O–H groups in total. The summed E-state index contributed by atoms with van der Waals surface area (Å²) in [6.45, 7) is 0. The monoisotopic (exact) mass is 336 g/mol. The molecule has 2 aromatic rings. The number of anilines is 3. The van der Waals surface area contributed by atoms with Crippen LogP contribution in [0.3, 0.4) is 0 Å². The van der Waals surface area contributed by atoms with E-state index < -0.39 is 31.8 Å². The highest BCUT2D eigenvalue weighted by Gasteiger charge is 2.21. The quantitative estimate of drug-likeness (QED) is 0.423. The molecule has 2 aromatic carbocycles. The predicted molar refractivity (Wildman–Crippen MR) is 86.1 cm³/mol. The molecule has 0 amide bonds. The van der Waals surface area contributed by atoms with Gasteiger partial charge in [-0.15, -0.1) is 0 Å². The first-order valence-electron chi connectivity index (χ1n) is 6.12. The Kier molecular flexibility index (Phi) is 5.54. The van der Waals surface area contributed by atoms with E-state index in [1.165, 1.54) is 24.3 Å². The second kappa shape index (κ2) is 7.35. The highest BCUT2D eigenvalue weighted by atomic mass is 16.6. The minimum absolute atomic E-state index is 0.0255. The summed E-state index contributed by atoms with van der Waals surface area (Å²) in [6.07, 6.45) is 0. The summed E-state index contributed by atoms with van der Waals surface area (Å²) in [4.78, 5) is 28.8. The van der Waals surface area contributed by atoms with Gasteiger partial charge in [0, 0.05) is 18.2 Å². The van der Waals surface area contributed by atoms with Crippen molar-refractivity contribution in [3.05, 3.63) is 66.7 Å². The molecule has 12 nitrogen and oxygen atoms in total. The van der Waals surface area contributed by atoms with Crippen LogP contribution in [-0.2, 0) is 0 Å². The van der Waals surface area contributed by atoms with Crippen LogP contribution in [0.1, 0.15) is 0 Å². The van der Waals surface area contributed by atoms with Gasteiger partial charge in [0.1, 0.15) is 5.69 Å². The van der Waals surface area contributed by atoms with E-state index in [1.54, 1.807) is 0 Å².